The molecule has 142 valence electrons. The van der Waals surface area contributed by atoms with Crippen molar-refractivity contribution in [1.82, 2.24) is 0 Å². The van der Waals surface area contributed by atoms with Crippen LogP contribution in [0.2, 0.25) is 0 Å². The minimum Gasteiger partial charge on any atom is -0.445 e. The molecular weight excluding hydrogens is 332 g/mol. The first kappa shape index (κ1) is 19.1. The average Bonchev–Trinajstić information content (AvgIpc) is 3.18. The van der Waals surface area contributed by atoms with Gasteiger partial charge in [0.2, 0.25) is 0 Å². The quantitative estimate of drug-likeness (QED) is 0.789. The Morgan fingerprint density at radius 1 is 1.27 bits per heavy atom. The maximum Gasteiger partial charge on any atom is 0.312 e. The van der Waals surface area contributed by atoms with Crippen LogP contribution in [0.3, 0.4) is 0 Å². The molecular formula is C21H28O5. The van der Waals surface area contributed by atoms with Crippen LogP contribution in [-0.4, -0.2) is 37.7 Å². The third-order valence-electron chi connectivity index (χ3n) is 5.34. The second-order valence-electron chi connectivity index (χ2n) is 7.46. The van der Waals surface area contributed by atoms with E-state index in [1.165, 1.54) is 7.11 Å². The van der Waals surface area contributed by atoms with Gasteiger partial charge in [0.05, 0.1) is 5.57 Å². The highest BCUT2D eigenvalue weighted by atomic mass is 16.8. The monoisotopic (exact) mass is 360 g/mol. The molecule has 0 saturated carbocycles. The SMILES string of the molecule is COC(O)OC1=C(c2c(C)cc(C)cc2C)C(=O)C(CC2CCOC2)C1. The maximum atomic E-state index is 13.3. The van der Waals surface area contributed by atoms with E-state index in [0.29, 0.717) is 23.7 Å². The highest BCUT2D eigenvalue weighted by Gasteiger charge is 2.38. The van der Waals surface area contributed by atoms with Crippen molar-refractivity contribution in [3.05, 3.63) is 40.1 Å². The molecule has 5 heteroatoms. The first-order valence-electron chi connectivity index (χ1n) is 9.21. The third-order valence-corrected chi connectivity index (χ3v) is 5.34. The Morgan fingerprint density at radius 2 is 1.96 bits per heavy atom. The maximum absolute atomic E-state index is 13.3. The van der Waals surface area contributed by atoms with Crippen LogP contribution in [0.5, 0.6) is 0 Å². The lowest BCUT2D eigenvalue weighted by atomic mass is 9.87. The summed E-state index contributed by atoms with van der Waals surface area (Å²) in [5.74, 6) is 0.918. The number of ketones is 1. The van der Waals surface area contributed by atoms with Crippen molar-refractivity contribution in [2.24, 2.45) is 11.8 Å². The van der Waals surface area contributed by atoms with Crippen LogP contribution in [0.1, 0.15) is 41.5 Å². The number of aliphatic hydroxyl groups is 1. The predicted octanol–water partition coefficient (Wildman–Crippen LogP) is 3.28. The summed E-state index contributed by atoms with van der Waals surface area (Å²) >= 11 is 0. The van der Waals surface area contributed by atoms with E-state index in [4.69, 9.17) is 14.2 Å². The Morgan fingerprint density at radius 3 is 2.54 bits per heavy atom. The first-order chi connectivity index (χ1) is 12.4. The molecule has 0 aromatic heterocycles. The average molecular weight is 360 g/mol. The second kappa shape index (κ2) is 7.91. The Balaban J connectivity index is 1.96. The molecule has 1 saturated heterocycles. The molecule has 1 heterocycles. The highest BCUT2D eigenvalue weighted by molar-refractivity contribution is 6.25. The zero-order valence-electron chi connectivity index (χ0n) is 16.0. The number of methoxy groups -OCH3 is 1. The Bertz CT molecular complexity index is 692. The van der Waals surface area contributed by atoms with E-state index < -0.39 is 6.48 Å². The van der Waals surface area contributed by atoms with Crippen molar-refractivity contribution >= 4 is 11.4 Å². The van der Waals surface area contributed by atoms with Crippen molar-refractivity contribution in [2.45, 2.75) is 46.5 Å². The van der Waals surface area contributed by atoms with Gasteiger partial charge in [-0.05, 0) is 56.2 Å². The summed E-state index contributed by atoms with van der Waals surface area (Å²) in [6, 6.07) is 4.15. The molecule has 3 unspecified atom stereocenters. The Hall–Kier alpha value is -1.69. The second-order valence-corrected chi connectivity index (χ2v) is 7.46. The van der Waals surface area contributed by atoms with Crippen molar-refractivity contribution in [2.75, 3.05) is 20.3 Å². The molecule has 1 aliphatic carbocycles. The third kappa shape index (κ3) is 3.85. The number of rotatable bonds is 6. The van der Waals surface area contributed by atoms with Crippen molar-refractivity contribution in [3.8, 4) is 0 Å². The lowest BCUT2D eigenvalue weighted by molar-refractivity contribution is -0.231. The van der Waals surface area contributed by atoms with E-state index in [-0.39, 0.29) is 11.7 Å². The van der Waals surface area contributed by atoms with Crippen molar-refractivity contribution in [1.29, 1.82) is 0 Å². The summed E-state index contributed by atoms with van der Waals surface area (Å²) in [5.41, 5.74) is 4.77. The fraction of sp³-hybridized carbons (Fsp3) is 0.571. The van der Waals surface area contributed by atoms with Crippen LogP contribution in [0.15, 0.2) is 17.9 Å². The van der Waals surface area contributed by atoms with Crippen LogP contribution in [-0.2, 0) is 19.0 Å². The highest BCUT2D eigenvalue weighted by Crippen LogP contribution is 2.42. The Kier molecular flexibility index (Phi) is 5.80. The van der Waals surface area contributed by atoms with Gasteiger partial charge in [-0.25, -0.2) is 0 Å². The summed E-state index contributed by atoms with van der Waals surface area (Å²) in [6.45, 7) is 6.19. The molecule has 1 aromatic carbocycles. The number of hydrogen-bond acceptors (Lipinski definition) is 5. The van der Waals surface area contributed by atoms with Gasteiger partial charge in [0.15, 0.2) is 5.78 Å². The number of ether oxygens (including phenoxy) is 3. The van der Waals surface area contributed by atoms with E-state index in [1.807, 2.05) is 20.8 Å². The molecule has 1 N–H and O–H groups in total. The summed E-state index contributed by atoms with van der Waals surface area (Å²) < 4.78 is 15.9. The summed E-state index contributed by atoms with van der Waals surface area (Å²) in [7, 11) is 1.37. The van der Waals surface area contributed by atoms with Gasteiger partial charge >= 0.3 is 6.48 Å². The molecule has 0 amide bonds. The molecule has 26 heavy (non-hydrogen) atoms. The van der Waals surface area contributed by atoms with Crippen LogP contribution >= 0.6 is 0 Å². The zero-order chi connectivity index (χ0) is 18.8. The number of carbonyl (C=O) groups is 1. The van der Waals surface area contributed by atoms with Gasteiger partial charge in [-0.1, -0.05) is 17.7 Å². The van der Waals surface area contributed by atoms with E-state index in [2.05, 4.69) is 12.1 Å². The van der Waals surface area contributed by atoms with Crippen molar-refractivity contribution < 1.29 is 24.1 Å². The summed E-state index contributed by atoms with van der Waals surface area (Å²) in [6.07, 6.45) is 2.29. The van der Waals surface area contributed by atoms with E-state index in [1.54, 1.807) is 0 Å². The molecule has 0 bridgehead atoms. The minimum absolute atomic E-state index is 0.102. The van der Waals surface area contributed by atoms with Gasteiger partial charge in [-0.15, -0.1) is 0 Å². The van der Waals surface area contributed by atoms with Gasteiger partial charge in [-0.2, -0.15) is 0 Å². The topological polar surface area (TPSA) is 65.0 Å². The van der Waals surface area contributed by atoms with Crippen LogP contribution in [0.4, 0.5) is 0 Å². The fourth-order valence-corrected chi connectivity index (χ4v) is 4.24. The van der Waals surface area contributed by atoms with E-state index >= 15 is 0 Å². The van der Waals surface area contributed by atoms with Gasteiger partial charge in [0.25, 0.3) is 0 Å². The van der Waals surface area contributed by atoms with Crippen molar-refractivity contribution in [3.63, 3.8) is 0 Å². The van der Waals surface area contributed by atoms with Crippen LogP contribution < -0.4 is 0 Å². The lowest BCUT2D eigenvalue weighted by Crippen LogP contribution is -2.16. The van der Waals surface area contributed by atoms with E-state index in [9.17, 15) is 9.90 Å². The molecule has 2 aliphatic rings. The molecule has 1 fully saturated rings. The number of Topliss-reactive ketones (excluding diaryl/α,β-unsaturated/α-hetero) is 1. The predicted molar refractivity (Wildman–Crippen MR) is 98.3 cm³/mol. The standard InChI is InChI=1S/C21H28O5/c1-12-7-13(2)18(14(3)8-12)19-17(26-21(23)24-4)10-16(20(19)22)9-15-5-6-25-11-15/h7-8,15-16,21,23H,5-6,9-11H2,1-4H3. The van der Waals surface area contributed by atoms with Gasteiger partial charge in [0, 0.05) is 32.7 Å². The molecule has 3 rings (SSSR count). The number of carbonyl (C=O) groups excluding carboxylic acids is 1. The number of allylic oxidation sites excluding steroid dienone is 2. The van der Waals surface area contributed by atoms with Crippen LogP contribution in [0, 0.1) is 32.6 Å². The molecule has 0 spiro atoms. The smallest absolute Gasteiger partial charge is 0.312 e. The largest absolute Gasteiger partial charge is 0.445 e. The molecule has 3 atom stereocenters. The molecule has 1 aliphatic heterocycles. The van der Waals surface area contributed by atoms with Crippen LogP contribution in [0.25, 0.3) is 5.57 Å². The van der Waals surface area contributed by atoms with E-state index in [0.717, 1.165) is 48.3 Å². The number of aliphatic hydroxyl groups excluding tert-OH is 1. The molecule has 1 aromatic rings. The van der Waals surface area contributed by atoms with Gasteiger partial charge < -0.3 is 19.3 Å². The minimum atomic E-state index is -1.37. The summed E-state index contributed by atoms with van der Waals surface area (Å²) in [4.78, 5) is 13.3. The number of hydrogen-bond donors (Lipinski definition) is 1. The number of aryl methyl sites for hydroxylation is 3. The lowest BCUT2D eigenvalue weighted by Gasteiger charge is -2.16. The molecule has 0 radical (unpaired) electrons. The normalized spacial score (nSPS) is 24.4. The zero-order valence-corrected chi connectivity index (χ0v) is 16.0. The fourth-order valence-electron chi connectivity index (χ4n) is 4.24. The molecule has 5 nitrogen and oxygen atoms in total. The van der Waals surface area contributed by atoms with Gasteiger partial charge in [0.1, 0.15) is 5.76 Å². The Labute approximate surface area is 155 Å². The first-order valence-corrected chi connectivity index (χ1v) is 9.21. The summed E-state index contributed by atoms with van der Waals surface area (Å²) in [5, 5.41) is 9.81. The van der Waals surface area contributed by atoms with Gasteiger partial charge in [-0.3, -0.25) is 4.79 Å². The number of benzene rings is 1.